The van der Waals surface area contributed by atoms with Crippen LogP contribution in [0.4, 0.5) is 24.1 Å². The van der Waals surface area contributed by atoms with Crippen molar-refractivity contribution in [2.45, 2.75) is 65.0 Å². The summed E-state index contributed by atoms with van der Waals surface area (Å²) in [6.45, 7) is 8.66. The molecule has 0 atom stereocenters. The number of piperidine rings is 1. The van der Waals surface area contributed by atoms with Crippen molar-refractivity contribution in [1.29, 1.82) is 0 Å². The molecule has 4 amide bonds. The summed E-state index contributed by atoms with van der Waals surface area (Å²) >= 11 is 0. The van der Waals surface area contributed by atoms with Crippen LogP contribution in [0.2, 0.25) is 0 Å². The molecule has 0 saturated carbocycles. The van der Waals surface area contributed by atoms with Crippen LogP contribution in [0.5, 0.6) is 0 Å². The van der Waals surface area contributed by atoms with Crippen LogP contribution in [-0.2, 0) is 4.74 Å². The summed E-state index contributed by atoms with van der Waals surface area (Å²) in [5.74, 6) is -3.16. The van der Waals surface area contributed by atoms with Crippen molar-refractivity contribution >= 4 is 23.7 Å². The number of halogens is 2. The van der Waals surface area contributed by atoms with Gasteiger partial charge in [0.2, 0.25) is 0 Å². The molecule has 10 heteroatoms. The molecule has 32 heavy (non-hydrogen) atoms. The van der Waals surface area contributed by atoms with E-state index < -0.39 is 40.8 Å². The predicted octanol–water partition coefficient (Wildman–Crippen LogP) is 4.10. The minimum Gasteiger partial charge on any atom is -0.444 e. The predicted molar refractivity (Wildman–Crippen MR) is 116 cm³/mol. The van der Waals surface area contributed by atoms with Crippen LogP contribution in [0.15, 0.2) is 12.1 Å². The smallest absolute Gasteiger partial charge is 0.410 e. The van der Waals surface area contributed by atoms with Crippen molar-refractivity contribution in [3.8, 4) is 0 Å². The number of nitrogens with zero attached hydrogens (tertiary/aromatic N) is 2. The number of benzene rings is 1. The number of primary amides is 1. The number of likely N-dealkylation sites (tertiary alicyclic amines) is 1. The van der Waals surface area contributed by atoms with Gasteiger partial charge in [0.25, 0.3) is 5.91 Å². The average molecular weight is 455 g/mol. The maximum absolute atomic E-state index is 14.2. The highest BCUT2D eigenvalue weighted by molar-refractivity contribution is 5.96. The number of urea groups is 1. The summed E-state index contributed by atoms with van der Waals surface area (Å²) in [4.78, 5) is 39.8. The zero-order valence-corrected chi connectivity index (χ0v) is 19.0. The fraction of sp³-hybridized carbons (Fsp3) is 0.591. The number of hydrogen-bond donors (Lipinski definition) is 2. The van der Waals surface area contributed by atoms with Crippen molar-refractivity contribution in [1.82, 2.24) is 9.80 Å². The molecule has 3 N–H and O–H groups in total. The van der Waals surface area contributed by atoms with E-state index in [2.05, 4.69) is 5.32 Å². The van der Waals surface area contributed by atoms with E-state index in [1.807, 2.05) is 6.92 Å². The lowest BCUT2D eigenvalue weighted by Gasteiger charge is -2.39. The Labute approximate surface area is 187 Å². The number of rotatable bonds is 6. The molecule has 1 saturated heterocycles. The van der Waals surface area contributed by atoms with E-state index in [4.69, 9.17) is 10.5 Å². The van der Waals surface area contributed by atoms with Crippen molar-refractivity contribution in [3.05, 3.63) is 29.3 Å². The topological polar surface area (TPSA) is 105 Å². The van der Waals surface area contributed by atoms with Crippen LogP contribution in [0, 0.1) is 11.6 Å². The maximum atomic E-state index is 14.2. The molecule has 0 bridgehead atoms. The number of nitrogens with two attached hydrogens (primary N) is 1. The summed E-state index contributed by atoms with van der Waals surface area (Å²) in [6.07, 6.45) is 2.26. The molecule has 0 radical (unpaired) electrons. The van der Waals surface area contributed by atoms with Crippen LogP contribution in [0.3, 0.4) is 0 Å². The Balaban J connectivity index is 2.11. The van der Waals surface area contributed by atoms with Gasteiger partial charge in [0.05, 0.1) is 11.3 Å². The number of carbonyl (C=O) groups excluding carboxylic acids is 3. The van der Waals surface area contributed by atoms with E-state index in [9.17, 15) is 23.2 Å². The lowest BCUT2D eigenvalue weighted by Crippen LogP contribution is -2.51. The van der Waals surface area contributed by atoms with Gasteiger partial charge in [0, 0.05) is 31.7 Å². The van der Waals surface area contributed by atoms with Crippen molar-refractivity contribution in [3.63, 3.8) is 0 Å². The molecule has 1 aromatic rings. The monoisotopic (exact) mass is 454 g/mol. The van der Waals surface area contributed by atoms with E-state index >= 15 is 0 Å². The van der Waals surface area contributed by atoms with Crippen molar-refractivity contribution in [2.24, 2.45) is 5.73 Å². The molecule has 1 aliphatic rings. The first kappa shape index (κ1) is 25.4. The molecule has 178 valence electrons. The Morgan fingerprint density at radius 2 is 1.81 bits per heavy atom. The number of anilines is 1. The number of hydrogen-bond acceptors (Lipinski definition) is 4. The molecule has 0 aromatic heterocycles. The molecule has 1 heterocycles. The first-order valence-corrected chi connectivity index (χ1v) is 10.8. The zero-order chi connectivity index (χ0) is 24.1. The second kappa shape index (κ2) is 10.6. The first-order valence-electron chi connectivity index (χ1n) is 10.8. The van der Waals surface area contributed by atoms with Crippen LogP contribution in [-0.4, -0.2) is 59.1 Å². The first-order chi connectivity index (χ1) is 14.9. The molecule has 1 fully saturated rings. The SMILES string of the molecule is CCCCN(C(=O)Nc1cc(C(N)=O)c(F)cc1F)C1CCN(C(=O)OC(C)(C)C)CC1. The lowest BCUT2D eigenvalue weighted by molar-refractivity contribution is 0.0166. The molecule has 2 rings (SSSR count). The van der Waals surface area contributed by atoms with E-state index in [1.165, 1.54) is 0 Å². The van der Waals surface area contributed by atoms with Gasteiger partial charge in [0.1, 0.15) is 17.2 Å². The minimum atomic E-state index is -1.09. The van der Waals surface area contributed by atoms with E-state index in [-0.39, 0.29) is 11.7 Å². The number of amides is 4. The third kappa shape index (κ3) is 6.80. The van der Waals surface area contributed by atoms with Gasteiger partial charge >= 0.3 is 12.1 Å². The van der Waals surface area contributed by atoms with Crippen LogP contribution in [0.25, 0.3) is 0 Å². The highest BCUT2D eigenvalue weighted by atomic mass is 19.1. The van der Waals surface area contributed by atoms with Gasteiger partial charge in [-0.05, 0) is 46.1 Å². The van der Waals surface area contributed by atoms with Crippen LogP contribution < -0.4 is 11.1 Å². The fourth-order valence-electron chi connectivity index (χ4n) is 3.49. The van der Waals surface area contributed by atoms with Crippen molar-refractivity contribution in [2.75, 3.05) is 25.0 Å². The Morgan fingerprint density at radius 3 is 2.34 bits per heavy atom. The molecule has 0 unspecified atom stereocenters. The Bertz CT molecular complexity index is 849. The lowest BCUT2D eigenvalue weighted by atomic mass is 10.0. The largest absolute Gasteiger partial charge is 0.444 e. The van der Waals surface area contributed by atoms with Crippen LogP contribution in [0.1, 0.15) is 63.7 Å². The standard InChI is InChI=1S/C22H32F2N4O4/c1-5-6-9-28(14-7-10-27(11-8-14)21(31)32-22(2,3)4)20(30)26-18-12-15(19(25)29)16(23)13-17(18)24/h12-14H,5-11H2,1-4H3,(H2,25,29)(H,26,30). The summed E-state index contributed by atoms with van der Waals surface area (Å²) in [6, 6.07) is 0.689. The van der Waals surface area contributed by atoms with E-state index in [0.29, 0.717) is 38.5 Å². The van der Waals surface area contributed by atoms with Crippen molar-refractivity contribution < 1.29 is 27.9 Å². The molecule has 0 spiro atoms. The molecule has 0 aliphatic carbocycles. The number of carbonyl (C=O) groups is 3. The number of ether oxygens (including phenoxy) is 1. The molecule has 8 nitrogen and oxygen atoms in total. The second-order valence-electron chi connectivity index (χ2n) is 8.85. The molecule has 1 aliphatic heterocycles. The van der Waals surface area contributed by atoms with Gasteiger partial charge in [-0.1, -0.05) is 13.3 Å². The summed E-state index contributed by atoms with van der Waals surface area (Å²) in [7, 11) is 0. The van der Waals surface area contributed by atoms with Gasteiger partial charge in [-0.2, -0.15) is 0 Å². The molecule has 1 aromatic carbocycles. The van der Waals surface area contributed by atoms with E-state index in [1.54, 1.807) is 30.6 Å². The normalized spacial score (nSPS) is 14.8. The van der Waals surface area contributed by atoms with Gasteiger partial charge < -0.3 is 25.6 Å². The Kier molecular flexibility index (Phi) is 8.40. The zero-order valence-electron chi connectivity index (χ0n) is 19.0. The molecular weight excluding hydrogens is 422 g/mol. The van der Waals surface area contributed by atoms with E-state index in [0.717, 1.165) is 18.9 Å². The van der Waals surface area contributed by atoms with Gasteiger partial charge in [-0.15, -0.1) is 0 Å². The second-order valence-corrected chi connectivity index (χ2v) is 8.85. The molecular formula is C22H32F2N4O4. The van der Waals surface area contributed by atoms with Gasteiger partial charge in [-0.25, -0.2) is 18.4 Å². The third-order valence-electron chi connectivity index (χ3n) is 5.13. The van der Waals surface area contributed by atoms with Crippen LogP contribution >= 0.6 is 0 Å². The number of nitrogens with one attached hydrogen (secondary N) is 1. The Morgan fingerprint density at radius 1 is 1.19 bits per heavy atom. The van der Waals surface area contributed by atoms with Gasteiger partial charge in [0.15, 0.2) is 0 Å². The summed E-state index contributed by atoms with van der Waals surface area (Å²) in [5.41, 5.74) is 3.69. The third-order valence-corrected chi connectivity index (χ3v) is 5.13. The average Bonchev–Trinajstić information content (AvgIpc) is 2.69. The Hall–Kier alpha value is -2.91. The number of unbranched alkanes of at least 4 members (excludes halogenated alkanes) is 1. The summed E-state index contributed by atoms with van der Waals surface area (Å²) in [5, 5.41) is 2.44. The maximum Gasteiger partial charge on any atom is 0.410 e. The minimum absolute atomic E-state index is 0.167. The highest BCUT2D eigenvalue weighted by Gasteiger charge is 2.31. The quantitative estimate of drug-likeness (QED) is 0.675. The van der Waals surface area contributed by atoms with Gasteiger partial charge in [-0.3, -0.25) is 4.79 Å². The fourth-order valence-corrected chi connectivity index (χ4v) is 3.49. The highest BCUT2D eigenvalue weighted by Crippen LogP contribution is 2.23. The summed E-state index contributed by atoms with van der Waals surface area (Å²) < 4.78 is 33.3.